The van der Waals surface area contributed by atoms with Gasteiger partial charge in [0.1, 0.15) is 6.04 Å². The van der Waals surface area contributed by atoms with Crippen molar-refractivity contribution >= 4 is 29.2 Å². The molecule has 1 aliphatic heterocycles. The first-order valence-electron chi connectivity index (χ1n) is 6.72. The van der Waals surface area contributed by atoms with E-state index in [4.69, 9.17) is 16.3 Å². The molecule has 1 saturated heterocycles. The molecule has 1 atom stereocenters. The number of hydrogen-bond acceptors (Lipinski definition) is 4. The zero-order valence-corrected chi connectivity index (χ0v) is 12.9. The second-order valence-corrected chi connectivity index (χ2v) is 5.53. The van der Waals surface area contributed by atoms with Gasteiger partial charge in [-0.2, -0.15) is 13.2 Å². The Morgan fingerprint density at radius 1 is 1.48 bits per heavy atom. The molecule has 0 unspecified atom stereocenters. The van der Waals surface area contributed by atoms with Crippen LogP contribution in [0.1, 0.15) is 12.0 Å². The molecule has 0 bridgehead atoms. The molecule has 0 saturated carbocycles. The summed E-state index contributed by atoms with van der Waals surface area (Å²) in [6.45, 7) is 0.144. The molecule has 1 N–H and O–H groups in total. The summed E-state index contributed by atoms with van der Waals surface area (Å²) < 4.78 is 43.1. The lowest BCUT2D eigenvalue weighted by Gasteiger charge is -2.20. The van der Waals surface area contributed by atoms with Crippen LogP contribution in [0.15, 0.2) is 18.2 Å². The van der Waals surface area contributed by atoms with Crippen molar-refractivity contribution in [3.8, 4) is 0 Å². The van der Waals surface area contributed by atoms with Gasteiger partial charge in [-0.1, -0.05) is 11.6 Å². The Bertz CT molecular complexity index is 622. The van der Waals surface area contributed by atoms with Gasteiger partial charge in [0.2, 0.25) is 5.91 Å². The number of anilines is 1. The molecule has 0 aliphatic carbocycles. The highest BCUT2D eigenvalue weighted by molar-refractivity contribution is 6.31. The molecule has 0 aromatic heterocycles. The minimum atomic E-state index is -4.61. The second kappa shape index (κ2) is 6.76. The van der Waals surface area contributed by atoms with E-state index in [-0.39, 0.29) is 12.2 Å². The average Bonchev–Trinajstić information content (AvgIpc) is 2.86. The van der Waals surface area contributed by atoms with Crippen LogP contribution in [-0.4, -0.2) is 43.0 Å². The summed E-state index contributed by atoms with van der Waals surface area (Å²) in [7, 11) is 1.57. The number of likely N-dealkylation sites (N-methyl/N-ethyl adjacent to an activating group) is 1. The van der Waals surface area contributed by atoms with Gasteiger partial charge in [-0.05, 0) is 25.2 Å². The molecule has 5 nitrogen and oxygen atoms in total. The number of cyclic esters (lactones) is 1. The fraction of sp³-hybridized carbons (Fsp3) is 0.429. The Morgan fingerprint density at radius 3 is 2.74 bits per heavy atom. The minimum Gasteiger partial charge on any atom is -0.464 e. The number of carbonyl (C=O) groups is 2. The normalized spacial score (nSPS) is 18.2. The number of esters is 1. The van der Waals surface area contributed by atoms with Gasteiger partial charge >= 0.3 is 12.1 Å². The second-order valence-electron chi connectivity index (χ2n) is 5.13. The molecule has 1 amide bonds. The van der Waals surface area contributed by atoms with E-state index in [1.54, 1.807) is 7.05 Å². The third-order valence-corrected chi connectivity index (χ3v) is 3.72. The number of nitrogens with one attached hydrogen (secondary N) is 1. The number of benzene rings is 1. The fourth-order valence-electron chi connectivity index (χ4n) is 2.24. The van der Waals surface area contributed by atoms with Crippen LogP contribution in [0.4, 0.5) is 18.9 Å². The van der Waals surface area contributed by atoms with E-state index in [0.717, 1.165) is 12.1 Å². The fourth-order valence-corrected chi connectivity index (χ4v) is 2.47. The number of ether oxygens (including phenoxy) is 1. The Kier molecular flexibility index (Phi) is 5.16. The molecule has 0 spiro atoms. The monoisotopic (exact) mass is 350 g/mol. The minimum absolute atomic E-state index is 0.0193. The first-order valence-corrected chi connectivity index (χ1v) is 7.10. The highest BCUT2D eigenvalue weighted by Gasteiger charge is 2.34. The first-order chi connectivity index (χ1) is 10.7. The molecular weight excluding hydrogens is 337 g/mol. The van der Waals surface area contributed by atoms with Gasteiger partial charge < -0.3 is 10.1 Å². The molecule has 1 fully saturated rings. The van der Waals surface area contributed by atoms with E-state index < -0.39 is 34.7 Å². The molecule has 126 valence electrons. The van der Waals surface area contributed by atoms with Crippen LogP contribution in [0, 0.1) is 0 Å². The van der Waals surface area contributed by atoms with E-state index in [2.05, 4.69) is 5.32 Å². The maximum atomic E-state index is 12.8. The number of carbonyl (C=O) groups excluding carboxylic acids is 2. The van der Waals surface area contributed by atoms with Crippen molar-refractivity contribution in [3.63, 3.8) is 0 Å². The van der Waals surface area contributed by atoms with Crippen LogP contribution in [0.2, 0.25) is 5.02 Å². The largest absolute Gasteiger partial charge is 0.464 e. The topological polar surface area (TPSA) is 58.6 Å². The zero-order chi connectivity index (χ0) is 17.2. The maximum Gasteiger partial charge on any atom is 0.417 e. The summed E-state index contributed by atoms with van der Waals surface area (Å²) in [5, 5.41) is 1.92. The van der Waals surface area contributed by atoms with Crippen molar-refractivity contribution in [2.45, 2.75) is 18.6 Å². The summed E-state index contributed by atoms with van der Waals surface area (Å²) in [5.41, 5.74) is -1.04. The van der Waals surface area contributed by atoms with Gasteiger partial charge in [0.05, 0.1) is 23.7 Å². The van der Waals surface area contributed by atoms with Gasteiger partial charge in [-0.3, -0.25) is 14.5 Å². The standard InChI is InChI=1S/C14H14ClF3N2O3/c1-20(11-4-5-23-13(11)22)7-12(21)19-8-2-3-10(15)9(6-8)14(16,17)18/h2-3,6,11H,4-5,7H2,1H3,(H,19,21)/t11-/m0/s1. The molecule has 0 radical (unpaired) electrons. The highest BCUT2D eigenvalue weighted by atomic mass is 35.5. The number of alkyl halides is 3. The molecule has 1 aromatic carbocycles. The summed E-state index contributed by atoms with van der Waals surface area (Å²) in [6.07, 6.45) is -4.13. The van der Waals surface area contributed by atoms with Gasteiger partial charge in [0, 0.05) is 12.1 Å². The van der Waals surface area contributed by atoms with Crippen LogP contribution < -0.4 is 5.32 Å². The van der Waals surface area contributed by atoms with Crippen LogP contribution in [-0.2, 0) is 20.5 Å². The maximum absolute atomic E-state index is 12.8. The molecule has 23 heavy (non-hydrogen) atoms. The van der Waals surface area contributed by atoms with Crippen molar-refractivity contribution in [1.29, 1.82) is 0 Å². The Balaban J connectivity index is 2.01. The number of rotatable bonds is 4. The van der Waals surface area contributed by atoms with Gasteiger partial charge in [0.25, 0.3) is 0 Å². The molecule has 1 heterocycles. The van der Waals surface area contributed by atoms with Crippen LogP contribution >= 0.6 is 11.6 Å². The first kappa shape index (κ1) is 17.6. The van der Waals surface area contributed by atoms with Crippen molar-refractivity contribution in [2.24, 2.45) is 0 Å². The molecule has 1 aromatic rings. The number of nitrogens with zero attached hydrogens (tertiary/aromatic N) is 1. The van der Waals surface area contributed by atoms with E-state index in [1.807, 2.05) is 0 Å². The summed E-state index contributed by atoms with van der Waals surface area (Å²) in [4.78, 5) is 24.8. The predicted octanol–water partition coefficient (Wildman–Crippen LogP) is 2.54. The van der Waals surface area contributed by atoms with Gasteiger partial charge in [-0.15, -0.1) is 0 Å². The van der Waals surface area contributed by atoms with Gasteiger partial charge in [-0.25, -0.2) is 0 Å². The van der Waals surface area contributed by atoms with Gasteiger partial charge in [0.15, 0.2) is 0 Å². The molecular formula is C14H14ClF3N2O3. The molecule has 9 heteroatoms. The van der Waals surface area contributed by atoms with Crippen molar-refractivity contribution < 1.29 is 27.5 Å². The van der Waals surface area contributed by atoms with E-state index >= 15 is 0 Å². The summed E-state index contributed by atoms with van der Waals surface area (Å²) >= 11 is 5.51. The number of amides is 1. The smallest absolute Gasteiger partial charge is 0.417 e. The predicted molar refractivity (Wildman–Crippen MR) is 77.1 cm³/mol. The Hall–Kier alpha value is -1.80. The highest BCUT2D eigenvalue weighted by Crippen LogP contribution is 2.36. The number of hydrogen-bond donors (Lipinski definition) is 1. The van der Waals surface area contributed by atoms with Crippen molar-refractivity contribution in [1.82, 2.24) is 4.90 Å². The lowest BCUT2D eigenvalue weighted by atomic mass is 10.2. The number of halogens is 4. The average molecular weight is 351 g/mol. The SMILES string of the molecule is CN(CC(=O)Nc1ccc(Cl)c(C(F)(F)F)c1)[C@H]1CCOC1=O. The van der Waals surface area contributed by atoms with E-state index in [9.17, 15) is 22.8 Å². The van der Waals surface area contributed by atoms with Crippen LogP contribution in [0.3, 0.4) is 0 Å². The Labute approximate surface area is 135 Å². The summed E-state index contributed by atoms with van der Waals surface area (Å²) in [5.74, 6) is -0.950. The van der Waals surface area contributed by atoms with E-state index in [1.165, 1.54) is 11.0 Å². The van der Waals surface area contributed by atoms with Crippen molar-refractivity contribution in [2.75, 3.05) is 25.5 Å². The molecule has 1 aliphatic rings. The van der Waals surface area contributed by atoms with Crippen LogP contribution in [0.25, 0.3) is 0 Å². The summed E-state index contributed by atoms with van der Waals surface area (Å²) in [6, 6.07) is 2.60. The lowest BCUT2D eigenvalue weighted by Crippen LogP contribution is -2.40. The van der Waals surface area contributed by atoms with Crippen LogP contribution in [0.5, 0.6) is 0 Å². The van der Waals surface area contributed by atoms with Crippen molar-refractivity contribution in [3.05, 3.63) is 28.8 Å². The quantitative estimate of drug-likeness (QED) is 0.848. The Morgan fingerprint density at radius 2 is 2.17 bits per heavy atom. The third-order valence-electron chi connectivity index (χ3n) is 3.39. The third kappa shape index (κ3) is 4.35. The molecule has 2 rings (SSSR count). The zero-order valence-electron chi connectivity index (χ0n) is 12.1. The van der Waals surface area contributed by atoms with E-state index in [0.29, 0.717) is 13.0 Å². The lowest BCUT2D eigenvalue weighted by molar-refractivity contribution is -0.142.